The molecule has 2 rings (SSSR count). The number of primary amides is 1. The van der Waals surface area contributed by atoms with Crippen LogP contribution in [-0.4, -0.2) is 13.0 Å². The Labute approximate surface area is 110 Å². The summed E-state index contributed by atoms with van der Waals surface area (Å²) in [5, 5.41) is 0. The van der Waals surface area contributed by atoms with Gasteiger partial charge in [-0.05, 0) is 36.4 Å². The fourth-order valence-corrected chi connectivity index (χ4v) is 1.93. The van der Waals surface area contributed by atoms with Crippen molar-refractivity contribution in [3.63, 3.8) is 0 Å². The molecule has 2 aromatic carbocycles. The quantitative estimate of drug-likeness (QED) is 0.830. The molecule has 19 heavy (non-hydrogen) atoms. The molecule has 0 aromatic heterocycles. The second-order valence-corrected chi connectivity index (χ2v) is 4.14. The summed E-state index contributed by atoms with van der Waals surface area (Å²) in [6, 6.07) is 10.8. The second kappa shape index (κ2) is 4.97. The van der Waals surface area contributed by atoms with E-state index in [0.717, 1.165) is 0 Å². The lowest BCUT2D eigenvalue weighted by Gasteiger charge is -2.23. The van der Waals surface area contributed by atoms with E-state index in [1.165, 1.54) is 12.1 Å². The van der Waals surface area contributed by atoms with E-state index >= 15 is 0 Å². The number of hydrogen-bond donors (Lipinski definition) is 2. The zero-order valence-electron chi connectivity index (χ0n) is 10.4. The Morgan fingerprint density at radius 2 is 1.79 bits per heavy atom. The number of benzene rings is 2. The maximum Gasteiger partial charge on any atom is 0.250 e. The summed E-state index contributed by atoms with van der Waals surface area (Å²) in [5.74, 6) is -0.885. The number of rotatable bonds is 3. The van der Waals surface area contributed by atoms with Crippen molar-refractivity contribution < 1.29 is 9.18 Å². The number of amides is 1. The van der Waals surface area contributed by atoms with Crippen LogP contribution in [0.4, 0.5) is 21.5 Å². The first kappa shape index (κ1) is 12.9. The Kier molecular flexibility index (Phi) is 3.37. The Bertz CT molecular complexity index is 611. The molecule has 0 aliphatic heterocycles. The molecular weight excluding hydrogens is 245 g/mol. The molecule has 0 saturated carbocycles. The van der Waals surface area contributed by atoms with E-state index in [-0.39, 0.29) is 5.82 Å². The average Bonchev–Trinajstić information content (AvgIpc) is 2.38. The van der Waals surface area contributed by atoms with Gasteiger partial charge in [0.2, 0.25) is 0 Å². The molecule has 0 aliphatic rings. The molecule has 0 spiro atoms. The number of nitrogen functional groups attached to an aromatic ring is 1. The highest BCUT2D eigenvalue weighted by Gasteiger charge is 2.16. The van der Waals surface area contributed by atoms with Crippen molar-refractivity contribution >= 4 is 23.0 Å². The molecule has 0 heterocycles. The van der Waals surface area contributed by atoms with Crippen LogP contribution in [0, 0.1) is 5.82 Å². The van der Waals surface area contributed by atoms with E-state index in [1.807, 2.05) is 0 Å². The number of hydrogen-bond acceptors (Lipinski definition) is 3. The molecular formula is C14H14FN3O. The van der Waals surface area contributed by atoms with E-state index in [1.54, 1.807) is 42.3 Å². The van der Waals surface area contributed by atoms with Crippen LogP contribution in [0.15, 0.2) is 42.5 Å². The molecule has 4 nitrogen and oxygen atoms in total. The molecule has 0 saturated heterocycles. The SMILES string of the molecule is CN(c1ccc(F)cc1)c1c(N)cccc1C(N)=O. The van der Waals surface area contributed by atoms with Crippen LogP contribution in [0.25, 0.3) is 0 Å². The third-order valence-electron chi connectivity index (χ3n) is 2.88. The first-order valence-corrected chi connectivity index (χ1v) is 5.68. The van der Waals surface area contributed by atoms with Gasteiger partial charge < -0.3 is 16.4 Å². The third kappa shape index (κ3) is 2.49. The van der Waals surface area contributed by atoms with E-state index in [9.17, 15) is 9.18 Å². The molecule has 98 valence electrons. The van der Waals surface area contributed by atoms with Crippen molar-refractivity contribution in [3.8, 4) is 0 Å². The molecule has 0 unspecified atom stereocenters. The van der Waals surface area contributed by atoms with Gasteiger partial charge in [0.1, 0.15) is 5.82 Å². The number of carbonyl (C=O) groups is 1. The van der Waals surface area contributed by atoms with Crippen molar-refractivity contribution in [1.82, 2.24) is 0 Å². The predicted molar refractivity (Wildman–Crippen MR) is 73.8 cm³/mol. The van der Waals surface area contributed by atoms with Crippen molar-refractivity contribution in [2.75, 3.05) is 17.7 Å². The molecule has 0 fully saturated rings. The number of para-hydroxylation sites is 1. The molecule has 4 N–H and O–H groups in total. The number of nitrogens with zero attached hydrogens (tertiary/aromatic N) is 1. The first-order valence-electron chi connectivity index (χ1n) is 5.68. The maximum atomic E-state index is 12.9. The van der Waals surface area contributed by atoms with Gasteiger partial charge in [-0.3, -0.25) is 4.79 Å². The minimum Gasteiger partial charge on any atom is -0.397 e. The standard InChI is InChI=1S/C14H14FN3O/c1-18(10-7-5-9(15)6-8-10)13-11(14(17)19)3-2-4-12(13)16/h2-8H,16H2,1H3,(H2,17,19). The third-order valence-corrected chi connectivity index (χ3v) is 2.88. The summed E-state index contributed by atoms with van der Waals surface area (Å²) < 4.78 is 12.9. The van der Waals surface area contributed by atoms with E-state index in [4.69, 9.17) is 11.5 Å². The van der Waals surface area contributed by atoms with Gasteiger partial charge in [-0.2, -0.15) is 0 Å². The van der Waals surface area contributed by atoms with Gasteiger partial charge in [0.25, 0.3) is 5.91 Å². The zero-order valence-corrected chi connectivity index (χ0v) is 10.4. The van der Waals surface area contributed by atoms with Crippen LogP contribution in [0.5, 0.6) is 0 Å². The number of anilines is 3. The summed E-state index contributed by atoms with van der Waals surface area (Å²) >= 11 is 0. The van der Waals surface area contributed by atoms with Crippen molar-refractivity contribution in [2.24, 2.45) is 5.73 Å². The fourth-order valence-electron chi connectivity index (χ4n) is 1.93. The Morgan fingerprint density at radius 3 is 2.37 bits per heavy atom. The van der Waals surface area contributed by atoms with Crippen molar-refractivity contribution in [3.05, 3.63) is 53.8 Å². The molecule has 0 radical (unpaired) electrons. The highest BCUT2D eigenvalue weighted by atomic mass is 19.1. The van der Waals surface area contributed by atoms with E-state index in [0.29, 0.717) is 22.6 Å². The largest absolute Gasteiger partial charge is 0.397 e. The Morgan fingerprint density at radius 1 is 1.16 bits per heavy atom. The molecule has 0 aliphatic carbocycles. The van der Waals surface area contributed by atoms with Crippen LogP contribution >= 0.6 is 0 Å². The van der Waals surface area contributed by atoms with Gasteiger partial charge in [-0.25, -0.2) is 4.39 Å². The van der Waals surface area contributed by atoms with Crippen LogP contribution in [-0.2, 0) is 0 Å². The molecule has 5 heteroatoms. The molecule has 0 atom stereocenters. The van der Waals surface area contributed by atoms with E-state index < -0.39 is 5.91 Å². The van der Waals surface area contributed by atoms with Gasteiger partial charge in [-0.15, -0.1) is 0 Å². The van der Waals surface area contributed by atoms with Crippen molar-refractivity contribution in [2.45, 2.75) is 0 Å². The van der Waals surface area contributed by atoms with Crippen LogP contribution in [0.3, 0.4) is 0 Å². The summed E-state index contributed by atoms with van der Waals surface area (Å²) in [4.78, 5) is 13.1. The van der Waals surface area contributed by atoms with Gasteiger partial charge >= 0.3 is 0 Å². The minimum atomic E-state index is -0.559. The normalized spacial score (nSPS) is 10.2. The lowest BCUT2D eigenvalue weighted by Crippen LogP contribution is -2.19. The first-order chi connectivity index (χ1) is 9.00. The molecule has 2 aromatic rings. The summed E-state index contributed by atoms with van der Waals surface area (Å²) in [6.07, 6.45) is 0. The van der Waals surface area contributed by atoms with E-state index in [2.05, 4.69) is 0 Å². The van der Waals surface area contributed by atoms with Gasteiger partial charge in [-0.1, -0.05) is 6.07 Å². The highest BCUT2D eigenvalue weighted by molar-refractivity contribution is 6.02. The fraction of sp³-hybridized carbons (Fsp3) is 0.0714. The second-order valence-electron chi connectivity index (χ2n) is 4.14. The zero-order chi connectivity index (χ0) is 14.0. The van der Waals surface area contributed by atoms with Crippen LogP contribution in [0.2, 0.25) is 0 Å². The summed E-state index contributed by atoms with van der Waals surface area (Å²) in [7, 11) is 1.74. The smallest absolute Gasteiger partial charge is 0.250 e. The number of nitrogens with two attached hydrogens (primary N) is 2. The van der Waals surface area contributed by atoms with Crippen LogP contribution < -0.4 is 16.4 Å². The lowest BCUT2D eigenvalue weighted by atomic mass is 10.1. The number of carbonyl (C=O) groups excluding carboxylic acids is 1. The topological polar surface area (TPSA) is 72.3 Å². The molecule has 0 bridgehead atoms. The van der Waals surface area contributed by atoms with Crippen molar-refractivity contribution in [1.29, 1.82) is 0 Å². The highest BCUT2D eigenvalue weighted by Crippen LogP contribution is 2.32. The summed E-state index contributed by atoms with van der Waals surface area (Å²) in [5.41, 5.74) is 13.2. The molecule has 1 amide bonds. The Hall–Kier alpha value is -2.56. The maximum absolute atomic E-state index is 12.9. The van der Waals surface area contributed by atoms with Gasteiger partial charge in [0, 0.05) is 12.7 Å². The Balaban J connectivity index is 2.52. The van der Waals surface area contributed by atoms with Gasteiger partial charge in [0.05, 0.1) is 16.9 Å². The summed E-state index contributed by atoms with van der Waals surface area (Å²) in [6.45, 7) is 0. The average molecular weight is 259 g/mol. The van der Waals surface area contributed by atoms with Gasteiger partial charge in [0.15, 0.2) is 0 Å². The monoisotopic (exact) mass is 259 g/mol. The number of halogens is 1. The predicted octanol–water partition coefficient (Wildman–Crippen LogP) is 2.27. The van der Waals surface area contributed by atoms with Crippen LogP contribution in [0.1, 0.15) is 10.4 Å². The minimum absolute atomic E-state index is 0.326. The lowest BCUT2D eigenvalue weighted by molar-refractivity contribution is 0.100.